The number of hydrogen-bond donors (Lipinski definition) is 0. The second kappa shape index (κ2) is 5.10. The zero-order valence-electron chi connectivity index (χ0n) is 8.58. The zero-order chi connectivity index (χ0) is 12.4. The minimum absolute atomic E-state index is 0.0671. The Bertz CT molecular complexity index is 581. The summed E-state index contributed by atoms with van der Waals surface area (Å²) < 4.78 is 15.0. The van der Waals surface area contributed by atoms with Crippen molar-refractivity contribution in [2.75, 3.05) is 0 Å². The smallest absolute Gasteiger partial charge is 0.196 e. The van der Waals surface area contributed by atoms with Crippen molar-refractivity contribution in [1.29, 1.82) is 0 Å². The predicted molar refractivity (Wildman–Crippen MR) is 71.7 cm³/mol. The third-order valence-corrected chi connectivity index (χ3v) is 3.25. The van der Waals surface area contributed by atoms with Crippen LogP contribution in [0.25, 0.3) is 0 Å². The zero-order valence-corrected chi connectivity index (χ0v) is 11.8. The Balaban J connectivity index is 2.47. The Morgan fingerprint density at radius 2 is 1.71 bits per heavy atom. The fourth-order valence-electron chi connectivity index (χ4n) is 1.46. The summed E-state index contributed by atoms with van der Waals surface area (Å²) in [5.41, 5.74) is 0.522. The maximum Gasteiger partial charge on any atom is 0.196 e. The third kappa shape index (κ3) is 2.82. The molecule has 0 N–H and O–H groups in total. The Labute approximate surface area is 115 Å². The molecule has 0 atom stereocenters. The lowest BCUT2D eigenvalue weighted by Gasteiger charge is -2.04. The molecule has 86 valence electrons. The Kier molecular flexibility index (Phi) is 3.74. The predicted octanol–water partition coefficient (Wildman–Crippen LogP) is 4.58. The summed E-state index contributed by atoms with van der Waals surface area (Å²) in [4.78, 5) is 12.1. The van der Waals surface area contributed by atoms with Crippen molar-refractivity contribution >= 4 is 37.6 Å². The maximum atomic E-state index is 13.6. The van der Waals surface area contributed by atoms with E-state index in [0.29, 0.717) is 10.0 Å². The van der Waals surface area contributed by atoms with Crippen LogP contribution in [0, 0.1) is 5.82 Å². The number of rotatable bonds is 2. The van der Waals surface area contributed by atoms with Gasteiger partial charge in [-0.15, -0.1) is 0 Å². The highest BCUT2D eigenvalue weighted by Crippen LogP contribution is 2.20. The molecule has 0 radical (unpaired) electrons. The molecule has 1 nitrogen and oxygen atoms in total. The molecule has 0 spiro atoms. The van der Waals surface area contributed by atoms with Crippen LogP contribution in [0.1, 0.15) is 15.9 Å². The maximum absolute atomic E-state index is 13.6. The van der Waals surface area contributed by atoms with Gasteiger partial charge in [-0.1, -0.05) is 44.0 Å². The molecule has 0 aliphatic rings. The van der Waals surface area contributed by atoms with E-state index in [-0.39, 0.29) is 11.3 Å². The van der Waals surface area contributed by atoms with Crippen LogP contribution >= 0.6 is 31.9 Å². The summed E-state index contributed by atoms with van der Waals surface area (Å²) in [6.45, 7) is 0. The van der Waals surface area contributed by atoms with Gasteiger partial charge in [0.1, 0.15) is 5.82 Å². The second-order valence-corrected chi connectivity index (χ2v) is 5.29. The van der Waals surface area contributed by atoms with Crippen LogP contribution < -0.4 is 0 Å². The molecule has 2 rings (SSSR count). The topological polar surface area (TPSA) is 17.1 Å². The average Bonchev–Trinajstić information content (AvgIpc) is 2.31. The molecular weight excluding hydrogens is 351 g/mol. The van der Waals surface area contributed by atoms with E-state index in [0.717, 1.165) is 4.47 Å². The molecular formula is C13H7Br2FO. The molecule has 17 heavy (non-hydrogen) atoms. The SMILES string of the molecule is O=C(c1cccc(Br)c1)c1cc(Br)ccc1F. The van der Waals surface area contributed by atoms with E-state index in [4.69, 9.17) is 0 Å². The van der Waals surface area contributed by atoms with Gasteiger partial charge in [0.25, 0.3) is 0 Å². The van der Waals surface area contributed by atoms with Gasteiger partial charge in [-0.25, -0.2) is 4.39 Å². The molecule has 0 saturated heterocycles. The largest absolute Gasteiger partial charge is 0.288 e. The van der Waals surface area contributed by atoms with Crippen molar-refractivity contribution in [3.8, 4) is 0 Å². The Morgan fingerprint density at radius 3 is 2.41 bits per heavy atom. The molecule has 0 bridgehead atoms. The van der Waals surface area contributed by atoms with Gasteiger partial charge < -0.3 is 0 Å². The van der Waals surface area contributed by atoms with Crippen LogP contribution in [0.3, 0.4) is 0 Å². The van der Waals surface area contributed by atoms with Crippen LogP contribution in [0.5, 0.6) is 0 Å². The Morgan fingerprint density at radius 1 is 1.00 bits per heavy atom. The van der Waals surface area contributed by atoms with Gasteiger partial charge in [0.15, 0.2) is 5.78 Å². The first-order valence-corrected chi connectivity index (χ1v) is 6.42. The molecule has 4 heteroatoms. The summed E-state index contributed by atoms with van der Waals surface area (Å²) in [5, 5.41) is 0. The van der Waals surface area contributed by atoms with E-state index in [9.17, 15) is 9.18 Å². The van der Waals surface area contributed by atoms with Crippen LogP contribution in [0.2, 0.25) is 0 Å². The lowest BCUT2D eigenvalue weighted by Crippen LogP contribution is -2.04. The lowest BCUT2D eigenvalue weighted by molar-refractivity contribution is 0.103. The molecule has 0 aliphatic heterocycles. The van der Waals surface area contributed by atoms with E-state index in [1.165, 1.54) is 12.1 Å². The number of ketones is 1. The van der Waals surface area contributed by atoms with E-state index < -0.39 is 5.82 Å². The van der Waals surface area contributed by atoms with Crippen LogP contribution in [-0.2, 0) is 0 Å². The van der Waals surface area contributed by atoms with Gasteiger partial charge in [0, 0.05) is 14.5 Å². The van der Waals surface area contributed by atoms with Crippen LogP contribution in [-0.4, -0.2) is 5.78 Å². The van der Waals surface area contributed by atoms with Crippen molar-refractivity contribution in [2.24, 2.45) is 0 Å². The summed E-state index contributed by atoms with van der Waals surface area (Å²) in [5.74, 6) is -0.844. The van der Waals surface area contributed by atoms with Gasteiger partial charge >= 0.3 is 0 Å². The molecule has 0 saturated carbocycles. The van der Waals surface area contributed by atoms with Gasteiger partial charge in [0.05, 0.1) is 5.56 Å². The molecule has 0 aliphatic carbocycles. The van der Waals surface area contributed by atoms with Crippen molar-refractivity contribution in [1.82, 2.24) is 0 Å². The minimum atomic E-state index is -0.516. The number of benzene rings is 2. The highest BCUT2D eigenvalue weighted by Gasteiger charge is 2.14. The molecule has 0 amide bonds. The monoisotopic (exact) mass is 356 g/mol. The van der Waals surface area contributed by atoms with Gasteiger partial charge in [0.2, 0.25) is 0 Å². The van der Waals surface area contributed by atoms with Gasteiger partial charge in [-0.2, -0.15) is 0 Å². The van der Waals surface area contributed by atoms with Gasteiger partial charge in [-0.05, 0) is 30.3 Å². The molecule has 0 heterocycles. The second-order valence-electron chi connectivity index (χ2n) is 3.46. The molecule has 0 fully saturated rings. The first-order valence-electron chi connectivity index (χ1n) is 4.83. The standard InChI is InChI=1S/C13H7Br2FO/c14-9-3-1-2-8(6-9)13(17)11-7-10(15)4-5-12(11)16/h1-7H. The van der Waals surface area contributed by atoms with Crippen molar-refractivity contribution < 1.29 is 9.18 Å². The average molecular weight is 358 g/mol. The molecule has 2 aromatic carbocycles. The molecule has 0 unspecified atom stereocenters. The van der Waals surface area contributed by atoms with E-state index in [2.05, 4.69) is 31.9 Å². The highest BCUT2D eigenvalue weighted by atomic mass is 79.9. The van der Waals surface area contributed by atoms with Crippen molar-refractivity contribution in [3.63, 3.8) is 0 Å². The van der Waals surface area contributed by atoms with Crippen LogP contribution in [0.15, 0.2) is 51.4 Å². The first-order chi connectivity index (χ1) is 8.08. The molecule has 2 aromatic rings. The summed E-state index contributed by atoms with van der Waals surface area (Å²) in [7, 11) is 0. The number of halogens is 3. The Hall–Kier alpha value is -1.00. The number of hydrogen-bond acceptors (Lipinski definition) is 1. The van der Waals surface area contributed by atoms with Crippen molar-refractivity contribution in [3.05, 3.63) is 68.4 Å². The summed E-state index contributed by atoms with van der Waals surface area (Å²) in [6, 6.07) is 11.2. The quantitative estimate of drug-likeness (QED) is 0.719. The van der Waals surface area contributed by atoms with Crippen molar-refractivity contribution in [2.45, 2.75) is 0 Å². The summed E-state index contributed by atoms with van der Waals surface area (Å²) in [6.07, 6.45) is 0. The third-order valence-electron chi connectivity index (χ3n) is 2.26. The summed E-state index contributed by atoms with van der Waals surface area (Å²) >= 11 is 6.50. The van der Waals surface area contributed by atoms with E-state index >= 15 is 0 Å². The van der Waals surface area contributed by atoms with Crippen LogP contribution in [0.4, 0.5) is 4.39 Å². The number of carbonyl (C=O) groups excluding carboxylic acids is 1. The number of carbonyl (C=O) groups is 1. The fraction of sp³-hybridized carbons (Fsp3) is 0. The van der Waals surface area contributed by atoms with E-state index in [1.807, 2.05) is 6.07 Å². The molecule has 0 aromatic heterocycles. The lowest BCUT2D eigenvalue weighted by atomic mass is 10.0. The highest BCUT2D eigenvalue weighted by molar-refractivity contribution is 9.10. The van der Waals surface area contributed by atoms with E-state index in [1.54, 1.807) is 24.3 Å². The van der Waals surface area contributed by atoms with Gasteiger partial charge in [-0.3, -0.25) is 4.79 Å². The minimum Gasteiger partial charge on any atom is -0.288 e. The fourth-order valence-corrected chi connectivity index (χ4v) is 2.22. The first kappa shape index (κ1) is 12.5. The normalized spacial score (nSPS) is 10.3.